The van der Waals surface area contributed by atoms with Crippen LogP contribution in [0.5, 0.6) is 0 Å². The second-order valence-corrected chi connectivity index (χ2v) is 7.71. The maximum Gasteiger partial charge on any atom is 0.317 e. The molecule has 0 spiro atoms. The Morgan fingerprint density at radius 3 is 2.76 bits per heavy atom. The van der Waals surface area contributed by atoms with E-state index in [0.717, 1.165) is 36.6 Å². The van der Waals surface area contributed by atoms with Gasteiger partial charge in [-0.1, -0.05) is 6.07 Å². The van der Waals surface area contributed by atoms with Crippen LogP contribution in [0.15, 0.2) is 35.5 Å². The van der Waals surface area contributed by atoms with Crippen LogP contribution in [0.4, 0.5) is 4.79 Å². The third kappa shape index (κ3) is 3.72. The first-order chi connectivity index (χ1) is 12.3. The van der Waals surface area contributed by atoms with Gasteiger partial charge in [0.1, 0.15) is 17.7 Å². The molecule has 0 atom stereocenters. The standard InChI is InChI=1S/C16H18N6OS2/c23-16(21-5-3-13(4-6-21)22-10-18-19-11-22)17-8-12-9-25-15(20-12)14-2-1-7-24-14/h1-2,7,9-11,13H,3-6,8H2,(H,17,23). The van der Waals surface area contributed by atoms with Gasteiger partial charge in [0.15, 0.2) is 0 Å². The summed E-state index contributed by atoms with van der Waals surface area (Å²) in [6.07, 6.45) is 5.33. The fraction of sp³-hybridized carbons (Fsp3) is 0.375. The van der Waals surface area contributed by atoms with E-state index in [1.807, 2.05) is 26.3 Å². The molecule has 0 bridgehead atoms. The van der Waals surface area contributed by atoms with Gasteiger partial charge in [0, 0.05) is 24.5 Å². The third-order valence-corrected chi connectivity index (χ3v) is 6.24. The second-order valence-electron chi connectivity index (χ2n) is 5.91. The van der Waals surface area contributed by atoms with Crippen molar-refractivity contribution in [3.05, 3.63) is 41.2 Å². The molecule has 3 aromatic rings. The van der Waals surface area contributed by atoms with Gasteiger partial charge < -0.3 is 14.8 Å². The van der Waals surface area contributed by atoms with E-state index in [1.165, 1.54) is 4.88 Å². The summed E-state index contributed by atoms with van der Waals surface area (Å²) in [6, 6.07) is 4.44. The van der Waals surface area contributed by atoms with Gasteiger partial charge in [-0.3, -0.25) is 0 Å². The summed E-state index contributed by atoms with van der Waals surface area (Å²) in [5.74, 6) is 0. The first kappa shape index (κ1) is 16.2. The lowest BCUT2D eigenvalue weighted by atomic mass is 10.1. The number of piperidine rings is 1. The molecule has 0 aliphatic carbocycles. The fourth-order valence-corrected chi connectivity index (χ4v) is 4.58. The topological polar surface area (TPSA) is 75.9 Å². The van der Waals surface area contributed by atoms with Crippen LogP contribution in [-0.2, 0) is 6.54 Å². The SMILES string of the molecule is O=C(NCc1csc(-c2cccs2)n1)N1CCC(n2cnnc2)CC1. The van der Waals surface area contributed by atoms with Gasteiger partial charge >= 0.3 is 6.03 Å². The molecular weight excluding hydrogens is 356 g/mol. The molecule has 2 amide bonds. The number of thiophene rings is 1. The number of carbonyl (C=O) groups is 1. The van der Waals surface area contributed by atoms with Gasteiger partial charge in [-0.2, -0.15) is 0 Å². The lowest BCUT2D eigenvalue weighted by Gasteiger charge is -2.32. The van der Waals surface area contributed by atoms with Gasteiger partial charge in [-0.15, -0.1) is 32.9 Å². The molecule has 0 aromatic carbocycles. The third-order valence-electron chi connectivity index (χ3n) is 4.31. The first-order valence-corrected chi connectivity index (χ1v) is 9.90. The Morgan fingerprint density at radius 2 is 2.04 bits per heavy atom. The molecule has 1 aliphatic heterocycles. The van der Waals surface area contributed by atoms with Crippen LogP contribution < -0.4 is 5.32 Å². The minimum absolute atomic E-state index is 0.0205. The van der Waals surface area contributed by atoms with Crippen LogP contribution in [-0.4, -0.2) is 43.8 Å². The zero-order valence-corrected chi connectivity index (χ0v) is 15.2. The molecule has 0 unspecified atom stereocenters. The van der Waals surface area contributed by atoms with Crippen LogP contribution >= 0.6 is 22.7 Å². The predicted octanol–water partition coefficient (Wildman–Crippen LogP) is 3.01. The molecule has 1 fully saturated rings. The number of nitrogens with one attached hydrogen (secondary N) is 1. The molecule has 0 radical (unpaired) electrons. The van der Waals surface area contributed by atoms with Crippen LogP contribution in [0.25, 0.3) is 9.88 Å². The van der Waals surface area contributed by atoms with Crippen molar-refractivity contribution >= 4 is 28.7 Å². The molecule has 3 aromatic heterocycles. The highest BCUT2D eigenvalue weighted by atomic mass is 32.1. The molecule has 1 saturated heterocycles. The highest BCUT2D eigenvalue weighted by Gasteiger charge is 2.23. The monoisotopic (exact) mass is 374 g/mol. The quantitative estimate of drug-likeness (QED) is 0.762. The lowest BCUT2D eigenvalue weighted by Crippen LogP contribution is -2.44. The van der Waals surface area contributed by atoms with Crippen LogP contribution in [0.3, 0.4) is 0 Å². The predicted molar refractivity (Wildman–Crippen MR) is 97.5 cm³/mol. The molecule has 4 heterocycles. The molecule has 1 aliphatic rings. The maximum atomic E-state index is 12.4. The average Bonchev–Trinajstić information content (AvgIpc) is 3.42. The Hall–Kier alpha value is -2.26. The van der Waals surface area contributed by atoms with Crippen molar-refractivity contribution in [2.24, 2.45) is 0 Å². The number of amides is 2. The summed E-state index contributed by atoms with van der Waals surface area (Å²) in [5.41, 5.74) is 0.904. The Balaban J connectivity index is 1.27. The van der Waals surface area contributed by atoms with Crippen LogP contribution in [0.2, 0.25) is 0 Å². The smallest absolute Gasteiger partial charge is 0.317 e. The van der Waals surface area contributed by atoms with Crippen molar-refractivity contribution < 1.29 is 4.79 Å². The van der Waals surface area contributed by atoms with E-state index < -0.39 is 0 Å². The number of hydrogen-bond acceptors (Lipinski definition) is 6. The number of likely N-dealkylation sites (tertiary alicyclic amines) is 1. The summed E-state index contributed by atoms with van der Waals surface area (Å²) in [7, 11) is 0. The molecular formula is C16H18N6OS2. The molecule has 4 rings (SSSR count). The number of aromatic nitrogens is 4. The summed E-state index contributed by atoms with van der Waals surface area (Å²) >= 11 is 3.29. The zero-order chi connectivity index (χ0) is 17.1. The minimum Gasteiger partial charge on any atom is -0.332 e. The summed E-state index contributed by atoms with van der Waals surface area (Å²) in [5, 5.41) is 15.7. The Kier molecular flexibility index (Phi) is 4.75. The average molecular weight is 374 g/mol. The second kappa shape index (κ2) is 7.32. The van der Waals surface area contributed by atoms with Crippen molar-refractivity contribution in [3.8, 4) is 9.88 Å². The number of rotatable bonds is 4. The van der Waals surface area contributed by atoms with E-state index in [1.54, 1.807) is 35.3 Å². The Bertz CT molecular complexity index is 806. The lowest BCUT2D eigenvalue weighted by molar-refractivity contribution is 0.171. The van der Waals surface area contributed by atoms with Crippen molar-refractivity contribution in [1.29, 1.82) is 0 Å². The number of hydrogen-bond donors (Lipinski definition) is 1. The normalized spacial score (nSPS) is 15.4. The molecule has 1 N–H and O–H groups in total. The van der Waals surface area contributed by atoms with Gasteiger partial charge in [0.05, 0.1) is 17.1 Å². The molecule has 9 heteroatoms. The Morgan fingerprint density at radius 1 is 1.24 bits per heavy atom. The van der Waals surface area contributed by atoms with E-state index in [-0.39, 0.29) is 6.03 Å². The fourth-order valence-electron chi connectivity index (χ4n) is 2.94. The van der Waals surface area contributed by atoms with Crippen LogP contribution in [0, 0.1) is 0 Å². The van der Waals surface area contributed by atoms with Crippen molar-refractivity contribution in [2.45, 2.75) is 25.4 Å². The summed E-state index contributed by atoms with van der Waals surface area (Å²) in [4.78, 5) is 20.0. The summed E-state index contributed by atoms with van der Waals surface area (Å²) < 4.78 is 2.02. The van der Waals surface area contributed by atoms with E-state index in [4.69, 9.17) is 0 Å². The van der Waals surface area contributed by atoms with E-state index >= 15 is 0 Å². The van der Waals surface area contributed by atoms with E-state index in [0.29, 0.717) is 12.6 Å². The number of nitrogens with zero attached hydrogens (tertiary/aromatic N) is 5. The first-order valence-electron chi connectivity index (χ1n) is 8.15. The maximum absolute atomic E-state index is 12.4. The Labute approximate surface area is 153 Å². The van der Waals surface area contributed by atoms with Gasteiger partial charge in [-0.05, 0) is 24.3 Å². The number of thiazole rings is 1. The zero-order valence-electron chi connectivity index (χ0n) is 13.5. The molecule has 7 nitrogen and oxygen atoms in total. The number of carbonyl (C=O) groups excluding carboxylic acids is 1. The van der Waals surface area contributed by atoms with Gasteiger partial charge in [0.25, 0.3) is 0 Å². The van der Waals surface area contributed by atoms with Crippen molar-refractivity contribution in [1.82, 2.24) is 30.0 Å². The molecule has 130 valence electrons. The van der Waals surface area contributed by atoms with Crippen LogP contribution in [0.1, 0.15) is 24.6 Å². The number of urea groups is 1. The largest absolute Gasteiger partial charge is 0.332 e. The van der Waals surface area contributed by atoms with Crippen molar-refractivity contribution in [3.63, 3.8) is 0 Å². The molecule has 0 saturated carbocycles. The van der Waals surface area contributed by atoms with Gasteiger partial charge in [0.2, 0.25) is 0 Å². The van der Waals surface area contributed by atoms with Crippen molar-refractivity contribution in [2.75, 3.05) is 13.1 Å². The highest BCUT2D eigenvalue weighted by Crippen LogP contribution is 2.27. The molecule has 25 heavy (non-hydrogen) atoms. The minimum atomic E-state index is -0.0205. The van der Waals surface area contributed by atoms with Gasteiger partial charge in [-0.25, -0.2) is 9.78 Å². The highest BCUT2D eigenvalue weighted by molar-refractivity contribution is 7.20. The van der Waals surface area contributed by atoms with E-state index in [9.17, 15) is 4.79 Å². The summed E-state index contributed by atoms with van der Waals surface area (Å²) in [6.45, 7) is 1.95. The van der Waals surface area contributed by atoms with E-state index in [2.05, 4.69) is 26.6 Å².